The van der Waals surface area contributed by atoms with Crippen molar-refractivity contribution >= 4 is 17.2 Å². The molecule has 0 radical (unpaired) electrons. The highest BCUT2D eigenvalue weighted by molar-refractivity contribution is 5.84. The van der Waals surface area contributed by atoms with Crippen LogP contribution in [0.1, 0.15) is 30.4 Å². The van der Waals surface area contributed by atoms with Crippen molar-refractivity contribution in [2.45, 2.75) is 32.1 Å². The zero-order valence-electron chi connectivity index (χ0n) is 14.6. The predicted octanol–water partition coefficient (Wildman–Crippen LogP) is 1.03. The number of nitrogens with zero attached hydrogens (tertiary/aromatic N) is 2. The summed E-state index contributed by atoms with van der Waals surface area (Å²) in [5.41, 5.74) is 12.7. The molecule has 1 aromatic rings. The highest BCUT2D eigenvalue weighted by Crippen LogP contribution is 2.31. The molecule has 0 aromatic heterocycles. The lowest BCUT2D eigenvalue weighted by atomic mass is 10.1. The quantitative estimate of drug-likeness (QED) is 0.338. The van der Waals surface area contributed by atoms with Crippen molar-refractivity contribution in [2.75, 3.05) is 40.0 Å². The largest absolute Gasteiger partial charge is 0.387 e. The monoisotopic (exact) mass is 333 g/mol. The van der Waals surface area contributed by atoms with Crippen LogP contribution in [-0.4, -0.2) is 50.7 Å². The molecule has 0 saturated carbocycles. The second kappa shape index (κ2) is 8.58. The number of amidine groups is 1. The van der Waals surface area contributed by atoms with Crippen LogP contribution in [0.4, 0.5) is 11.4 Å². The van der Waals surface area contributed by atoms with E-state index in [2.05, 4.69) is 22.0 Å². The van der Waals surface area contributed by atoms with E-state index < -0.39 is 0 Å². The second-order valence-corrected chi connectivity index (χ2v) is 6.55. The fourth-order valence-corrected chi connectivity index (χ4v) is 3.47. The van der Waals surface area contributed by atoms with Crippen molar-refractivity contribution in [3.05, 3.63) is 23.3 Å². The van der Waals surface area contributed by atoms with E-state index >= 15 is 0 Å². The second-order valence-electron chi connectivity index (χ2n) is 6.55. The van der Waals surface area contributed by atoms with E-state index in [9.17, 15) is 0 Å². The molecule has 4 N–H and O–H groups in total. The maximum Gasteiger partial charge on any atom is 0.188 e. The molecule has 1 aliphatic carbocycles. The Labute approximate surface area is 144 Å². The normalized spacial score (nSPS) is 18.8. The molecule has 132 valence electrons. The molecule has 0 bridgehead atoms. The summed E-state index contributed by atoms with van der Waals surface area (Å²) in [7, 11) is 1.67. The zero-order chi connectivity index (χ0) is 16.8. The van der Waals surface area contributed by atoms with Crippen LogP contribution < -0.4 is 11.2 Å². The van der Waals surface area contributed by atoms with Gasteiger partial charge in [-0.2, -0.15) is 5.48 Å². The van der Waals surface area contributed by atoms with E-state index in [1.807, 2.05) is 0 Å². The highest BCUT2D eigenvalue weighted by atomic mass is 16.6. The van der Waals surface area contributed by atoms with E-state index in [0.29, 0.717) is 5.84 Å². The molecule has 3 rings (SSSR count). The molecule has 0 atom stereocenters. The van der Waals surface area contributed by atoms with Gasteiger partial charge in [0.1, 0.15) is 5.69 Å². The number of nitrogens with two attached hydrogens (primary N) is 2. The maximum absolute atomic E-state index is 6.18. The first-order chi connectivity index (χ1) is 11.8. The van der Waals surface area contributed by atoms with Crippen LogP contribution in [0.3, 0.4) is 0 Å². The molecular formula is C18H29N4O2+. The number of hydrogen-bond acceptors (Lipinski definition) is 4. The molecule has 24 heavy (non-hydrogen) atoms. The van der Waals surface area contributed by atoms with Gasteiger partial charge in [0.05, 0.1) is 26.2 Å². The van der Waals surface area contributed by atoms with E-state index in [4.69, 9.17) is 15.3 Å². The zero-order valence-corrected chi connectivity index (χ0v) is 14.6. The SMILES string of the molecule is CO[NH2+]c1cc2c(cc1N=C(N)CCCN1CCOCC1)CCC2. The number of aliphatic imine (C=N–C) groups is 1. The topological polar surface area (TPSA) is 76.7 Å². The van der Waals surface area contributed by atoms with Crippen molar-refractivity contribution in [3.8, 4) is 0 Å². The van der Waals surface area contributed by atoms with E-state index in [1.165, 1.54) is 17.5 Å². The Bertz CT molecular complexity index is 583. The van der Waals surface area contributed by atoms with Crippen LogP contribution in [0.2, 0.25) is 0 Å². The Balaban J connectivity index is 1.61. The number of hydrogen-bond donors (Lipinski definition) is 2. The molecule has 1 saturated heterocycles. The number of rotatable bonds is 7. The third kappa shape index (κ3) is 4.54. The molecule has 6 nitrogen and oxygen atoms in total. The highest BCUT2D eigenvalue weighted by Gasteiger charge is 2.17. The number of fused-ring (bicyclic) bond motifs is 1. The van der Waals surface area contributed by atoms with Crippen LogP contribution in [-0.2, 0) is 22.4 Å². The summed E-state index contributed by atoms with van der Waals surface area (Å²) in [6.45, 7) is 4.79. The van der Waals surface area contributed by atoms with Crippen LogP contribution in [0.15, 0.2) is 17.1 Å². The summed E-state index contributed by atoms with van der Waals surface area (Å²) >= 11 is 0. The Morgan fingerprint density at radius 3 is 2.79 bits per heavy atom. The minimum absolute atomic E-state index is 0.701. The van der Waals surface area contributed by atoms with Gasteiger partial charge < -0.3 is 10.5 Å². The lowest BCUT2D eigenvalue weighted by Crippen LogP contribution is -2.76. The van der Waals surface area contributed by atoms with Crippen molar-refractivity contribution in [3.63, 3.8) is 0 Å². The first-order valence-corrected chi connectivity index (χ1v) is 8.91. The molecular weight excluding hydrogens is 304 g/mol. The standard InChI is InChI=1S/C18H28N4O2/c1-23-21-17-13-15-5-2-4-14(15)12-16(17)20-18(19)6-3-7-22-8-10-24-11-9-22/h12-13,21H,2-11H2,1H3,(H2,19,20)/p+1. The van der Waals surface area contributed by atoms with Gasteiger partial charge in [-0.3, -0.25) is 4.90 Å². The summed E-state index contributed by atoms with van der Waals surface area (Å²) in [4.78, 5) is 12.3. The average Bonchev–Trinajstić information content (AvgIpc) is 3.03. The first kappa shape index (κ1) is 17.4. The molecule has 2 aliphatic rings. The van der Waals surface area contributed by atoms with Crippen molar-refractivity contribution in [2.24, 2.45) is 10.7 Å². The van der Waals surface area contributed by atoms with Crippen LogP contribution in [0.5, 0.6) is 0 Å². The van der Waals surface area contributed by atoms with Crippen LogP contribution >= 0.6 is 0 Å². The van der Waals surface area contributed by atoms with Crippen molar-refractivity contribution in [1.29, 1.82) is 0 Å². The molecule has 6 heteroatoms. The van der Waals surface area contributed by atoms with Gasteiger partial charge in [-0.25, -0.2) is 9.83 Å². The summed E-state index contributed by atoms with van der Waals surface area (Å²) < 4.78 is 5.37. The Morgan fingerprint density at radius 1 is 1.29 bits per heavy atom. The van der Waals surface area contributed by atoms with Gasteiger partial charge in [0.25, 0.3) is 0 Å². The summed E-state index contributed by atoms with van der Waals surface area (Å²) in [5, 5.41) is 0. The third-order valence-electron chi connectivity index (χ3n) is 4.76. The average molecular weight is 333 g/mol. The summed E-state index contributed by atoms with van der Waals surface area (Å²) in [5.74, 6) is 0.701. The number of aryl methyl sites for hydroxylation is 2. The predicted molar refractivity (Wildman–Crippen MR) is 94.8 cm³/mol. The van der Waals surface area contributed by atoms with Gasteiger partial charge in [-0.05, 0) is 49.4 Å². The fraction of sp³-hybridized carbons (Fsp3) is 0.611. The minimum Gasteiger partial charge on any atom is -0.387 e. The molecule has 0 unspecified atom stereocenters. The summed E-state index contributed by atoms with van der Waals surface area (Å²) in [6, 6.07) is 4.38. The van der Waals surface area contributed by atoms with Gasteiger partial charge >= 0.3 is 0 Å². The molecule has 1 aliphatic heterocycles. The first-order valence-electron chi connectivity index (χ1n) is 8.91. The molecule has 1 heterocycles. The molecule has 0 amide bonds. The van der Waals surface area contributed by atoms with Gasteiger partial charge in [0.2, 0.25) is 0 Å². The number of quaternary nitrogens is 1. The van der Waals surface area contributed by atoms with E-state index in [1.54, 1.807) is 12.6 Å². The van der Waals surface area contributed by atoms with E-state index in [-0.39, 0.29) is 0 Å². The fourth-order valence-electron chi connectivity index (χ4n) is 3.47. The van der Waals surface area contributed by atoms with Crippen molar-refractivity contribution < 1.29 is 15.1 Å². The lowest BCUT2D eigenvalue weighted by molar-refractivity contribution is -0.829. The van der Waals surface area contributed by atoms with E-state index in [0.717, 1.165) is 69.9 Å². The number of morpholine rings is 1. The maximum atomic E-state index is 6.18. The Morgan fingerprint density at radius 2 is 2.04 bits per heavy atom. The third-order valence-corrected chi connectivity index (χ3v) is 4.76. The van der Waals surface area contributed by atoms with Gasteiger partial charge in [-0.1, -0.05) is 0 Å². The van der Waals surface area contributed by atoms with Crippen molar-refractivity contribution in [1.82, 2.24) is 4.90 Å². The smallest absolute Gasteiger partial charge is 0.188 e. The molecule has 1 fully saturated rings. The van der Waals surface area contributed by atoms with Gasteiger partial charge in [0, 0.05) is 25.6 Å². The van der Waals surface area contributed by atoms with Gasteiger partial charge in [-0.15, -0.1) is 0 Å². The van der Waals surface area contributed by atoms with Crippen LogP contribution in [0.25, 0.3) is 0 Å². The molecule has 1 aromatic carbocycles. The molecule has 0 spiro atoms. The number of ether oxygens (including phenoxy) is 1. The Hall–Kier alpha value is -1.47. The lowest BCUT2D eigenvalue weighted by Gasteiger charge is -2.26. The minimum atomic E-state index is 0.701. The van der Waals surface area contributed by atoms with Crippen LogP contribution in [0, 0.1) is 0 Å². The number of benzene rings is 1. The van der Waals surface area contributed by atoms with Gasteiger partial charge in [0.15, 0.2) is 5.69 Å². The Kier molecular flexibility index (Phi) is 6.20. The summed E-state index contributed by atoms with van der Waals surface area (Å²) in [6.07, 6.45) is 5.37.